The normalized spacial score (nSPS) is 11.9. The molecule has 2 aromatic rings. The molecule has 27 heavy (non-hydrogen) atoms. The molecule has 1 atom stereocenters. The van der Waals surface area contributed by atoms with E-state index in [4.69, 9.17) is 25.8 Å². The Morgan fingerprint density at radius 3 is 2.63 bits per heavy atom. The van der Waals surface area contributed by atoms with Crippen LogP contribution in [0.2, 0.25) is 5.02 Å². The molecule has 0 bridgehead atoms. The number of hydrogen-bond donors (Lipinski definition) is 1. The lowest BCUT2D eigenvalue weighted by Gasteiger charge is -2.15. The molecule has 1 N–H and O–H groups in total. The molecular weight excluding hydrogens is 368 g/mol. The van der Waals surface area contributed by atoms with Crippen LogP contribution in [0.5, 0.6) is 17.2 Å². The third kappa shape index (κ3) is 5.89. The van der Waals surface area contributed by atoms with Gasteiger partial charge in [-0.25, -0.2) is 5.43 Å². The van der Waals surface area contributed by atoms with Crippen molar-refractivity contribution in [3.05, 3.63) is 52.5 Å². The van der Waals surface area contributed by atoms with Crippen LogP contribution in [0.3, 0.4) is 0 Å². The highest BCUT2D eigenvalue weighted by molar-refractivity contribution is 6.30. The zero-order valence-electron chi connectivity index (χ0n) is 15.8. The summed E-state index contributed by atoms with van der Waals surface area (Å²) in [5.74, 6) is 1.49. The molecule has 0 aliphatic carbocycles. The van der Waals surface area contributed by atoms with Gasteiger partial charge in [0, 0.05) is 5.02 Å². The van der Waals surface area contributed by atoms with Crippen LogP contribution >= 0.6 is 11.6 Å². The quantitative estimate of drug-likeness (QED) is 0.547. The second kappa shape index (κ2) is 9.83. The summed E-state index contributed by atoms with van der Waals surface area (Å²) in [6, 6.07) is 10.6. The third-order valence-electron chi connectivity index (χ3n) is 3.69. The predicted octanol–water partition coefficient (Wildman–Crippen LogP) is 3.97. The smallest absolute Gasteiger partial charge is 0.280 e. The average Bonchev–Trinajstić information content (AvgIpc) is 2.65. The largest absolute Gasteiger partial charge is 0.493 e. The first-order chi connectivity index (χ1) is 12.9. The lowest BCUT2D eigenvalue weighted by Crippen LogP contribution is -2.33. The molecule has 2 rings (SSSR count). The van der Waals surface area contributed by atoms with Gasteiger partial charge >= 0.3 is 0 Å². The van der Waals surface area contributed by atoms with E-state index in [1.54, 1.807) is 44.4 Å². The van der Waals surface area contributed by atoms with Gasteiger partial charge in [-0.1, -0.05) is 11.6 Å². The van der Waals surface area contributed by atoms with Gasteiger partial charge in [0.15, 0.2) is 17.6 Å². The molecule has 7 heteroatoms. The van der Waals surface area contributed by atoms with E-state index in [1.165, 1.54) is 6.21 Å². The van der Waals surface area contributed by atoms with Crippen molar-refractivity contribution < 1.29 is 19.0 Å². The number of hydrazone groups is 1. The molecular formula is C20H23ClN2O4. The Morgan fingerprint density at radius 2 is 1.96 bits per heavy atom. The van der Waals surface area contributed by atoms with Crippen molar-refractivity contribution >= 4 is 23.7 Å². The number of benzene rings is 2. The van der Waals surface area contributed by atoms with Gasteiger partial charge in [0.1, 0.15) is 5.75 Å². The zero-order chi connectivity index (χ0) is 19.8. The highest BCUT2D eigenvalue weighted by Gasteiger charge is 2.15. The van der Waals surface area contributed by atoms with Crippen LogP contribution in [-0.2, 0) is 4.79 Å². The van der Waals surface area contributed by atoms with Crippen molar-refractivity contribution in [3.63, 3.8) is 0 Å². The maximum Gasteiger partial charge on any atom is 0.280 e. The first kappa shape index (κ1) is 20.6. The highest BCUT2D eigenvalue weighted by Crippen LogP contribution is 2.27. The second-order valence-corrected chi connectivity index (χ2v) is 6.18. The Balaban J connectivity index is 1.95. The summed E-state index contributed by atoms with van der Waals surface area (Å²) in [7, 11) is 1.57. The number of carbonyl (C=O) groups is 1. The van der Waals surface area contributed by atoms with E-state index in [0.29, 0.717) is 28.9 Å². The molecule has 0 saturated carbocycles. The standard InChI is InChI=1S/C20H23ClN2O4/c1-5-26-18-8-6-15(11-19(18)25-4)12-22-23-20(24)14(3)27-17-9-7-16(21)10-13(17)2/h6-12,14H,5H2,1-4H3,(H,23,24). The van der Waals surface area contributed by atoms with Gasteiger partial charge in [0.05, 0.1) is 19.9 Å². The summed E-state index contributed by atoms with van der Waals surface area (Å²) in [5.41, 5.74) is 4.08. The van der Waals surface area contributed by atoms with Crippen molar-refractivity contribution in [2.24, 2.45) is 5.10 Å². The van der Waals surface area contributed by atoms with Crippen molar-refractivity contribution in [2.75, 3.05) is 13.7 Å². The molecule has 0 radical (unpaired) electrons. The van der Waals surface area contributed by atoms with Crippen LogP contribution in [0.15, 0.2) is 41.5 Å². The number of carbonyl (C=O) groups excluding carboxylic acids is 1. The SMILES string of the molecule is CCOc1ccc(C=NNC(=O)C(C)Oc2ccc(Cl)cc2C)cc1OC. The van der Waals surface area contributed by atoms with E-state index in [2.05, 4.69) is 10.5 Å². The van der Waals surface area contributed by atoms with Crippen molar-refractivity contribution in [1.82, 2.24) is 5.43 Å². The topological polar surface area (TPSA) is 69.2 Å². The number of ether oxygens (including phenoxy) is 3. The number of rotatable bonds is 8. The van der Waals surface area contributed by atoms with E-state index in [1.807, 2.05) is 19.9 Å². The average molecular weight is 391 g/mol. The van der Waals surface area contributed by atoms with Crippen molar-refractivity contribution in [3.8, 4) is 17.2 Å². The first-order valence-electron chi connectivity index (χ1n) is 8.51. The van der Waals surface area contributed by atoms with Crippen LogP contribution in [0.4, 0.5) is 0 Å². The van der Waals surface area contributed by atoms with Crippen LogP contribution in [0.25, 0.3) is 0 Å². The number of aryl methyl sites for hydroxylation is 1. The Hall–Kier alpha value is -2.73. The van der Waals surface area contributed by atoms with E-state index in [-0.39, 0.29) is 5.91 Å². The summed E-state index contributed by atoms with van der Waals surface area (Å²) in [6.45, 7) is 5.96. The number of nitrogens with one attached hydrogen (secondary N) is 1. The molecule has 0 fully saturated rings. The van der Waals surface area contributed by atoms with E-state index < -0.39 is 6.10 Å². The molecule has 0 aliphatic heterocycles. The van der Waals surface area contributed by atoms with E-state index >= 15 is 0 Å². The summed E-state index contributed by atoms with van der Waals surface area (Å²) >= 11 is 5.92. The predicted molar refractivity (Wildman–Crippen MR) is 106 cm³/mol. The minimum atomic E-state index is -0.711. The monoisotopic (exact) mass is 390 g/mol. The van der Waals surface area contributed by atoms with Crippen molar-refractivity contribution in [2.45, 2.75) is 26.9 Å². The molecule has 144 valence electrons. The minimum absolute atomic E-state index is 0.362. The molecule has 2 aromatic carbocycles. The minimum Gasteiger partial charge on any atom is -0.493 e. The zero-order valence-corrected chi connectivity index (χ0v) is 16.5. The van der Waals surface area contributed by atoms with Gasteiger partial charge in [0.2, 0.25) is 0 Å². The first-order valence-corrected chi connectivity index (χ1v) is 8.89. The fraction of sp³-hybridized carbons (Fsp3) is 0.300. The molecule has 0 aliphatic rings. The van der Waals surface area contributed by atoms with Crippen LogP contribution in [0.1, 0.15) is 25.0 Å². The molecule has 0 saturated heterocycles. The molecule has 1 unspecified atom stereocenters. The Kier molecular flexibility index (Phi) is 7.49. The number of halogens is 1. The molecule has 0 spiro atoms. The van der Waals surface area contributed by atoms with Gasteiger partial charge in [-0.05, 0) is 68.3 Å². The highest BCUT2D eigenvalue weighted by atomic mass is 35.5. The molecule has 6 nitrogen and oxygen atoms in total. The summed E-state index contributed by atoms with van der Waals surface area (Å²) < 4.78 is 16.4. The maximum absolute atomic E-state index is 12.2. The van der Waals surface area contributed by atoms with Crippen LogP contribution < -0.4 is 19.6 Å². The van der Waals surface area contributed by atoms with Gasteiger partial charge < -0.3 is 14.2 Å². The van der Waals surface area contributed by atoms with Gasteiger partial charge in [-0.15, -0.1) is 0 Å². The van der Waals surface area contributed by atoms with Gasteiger partial charge in [-0.3, -0.25) is 4.79 Å². The van der Waals surface area contributed by atoms with Crippen molar-refractivity contribution in [1.29, 1.82) is 0 Å². The van der Waals surface area contributed by atoms with E-state index in [9.17, 15) is 4.79 Å². The summed E-state index contributed by atoms with van der Waals surface area (Å²) in [5, 5.41) is 4.59. The lowest BCUT2D eigenvalue weighted by molar-refractivity contribution is -0.127. The van der Waals surface area contributed by atoms with Crippen LogP contribution in [0, 0.1) is 6.92 Å². The van der Waals surface area contributed by atoms with Gasteiger partial charge in [0.25, 0.3) is 5.91 Å². The lowest BCUT2D eigenvalue weighted by atomic mass is 10.2. The number of amides is 1. The number of methoxy groups -OCH3 is 1. The fourth-order valence-electron chi connectivity index (χ4n) is 2.29. The Bertz CT molecular complexity index is 824. The maximum atomic E-state index is 12.2. The molecule has 0 heterocycles. The summed E-state index contributed by atoms with van der Waals surface area (Å²) in [6.07, 6.45) is 0.813. The molecule has 1 amide bonds. The second-order valence-electron chi connectivity index (χ2n) is 5.75. The summed E-state index contributed by atoms with van der Waals surface area (Å²) in [4.78, 5) is 12.2. The third-order valence-corrected chi connectivity index (χ3v) is 3.92. The Morgan fingerprint density at radius 1 is 1.22 bits per heavy atom. The van der Waals surface area contributed by atoms with Gasteiger partial charge in [-0.2, -0.15) is 5.10 Å². The Labute approximate surface area is 164 Å². The molecule has 0 aromatic heterocycles. The fourth-order valence-corrected chi connectivity index (χ4v) is 2.52. The van der Waals surface area contributed by atoms with E-state index in [0.717, 1.165) is 11.1 Å². The van der Waals surface area contributed by atoms with Crippen LogP contribution in [-0.4, -0.2) is 31.9 Å². The number of hydrogen-bond acceptors (Lipinski definition) is 5. The number of nitrogens with zero attached hydrogens (tertiary/aromatic N) is 1.